The van der Waals surface area contributed by atoms with Crippen molar-refractivity contribution in [2.75, 3.05) is 0 Å². The molecular formula is C9H7Cl2MgN2. The Bertz CT molecular complexity index is 319. The lowest BCUT2D eigenvalue weighted by Gasteiger charge is -2.01. The third kappa shape index (κ3) is 2.99. The number of pyridine rings is 1. The van der Waals surface area contributed by atoms with E-state index in [2.05, 4.69) is 17.1 Å². The number of nitrogens with zero attached hydrogens (tertiary/aromatic N) is 2. The minimum absolute atomic E-state index is 0.241. The van der Waals surface area contributed by atoms with Crippen LogP contribution >= 0.6 is 18.1 Å². The summed E-state index contributed by atoms with van der Waals surface area (Å²) in [5, 5.41) is 8.81. The van der Waals surface area contributed by atoms with E-state index < -0.39 is 18.2 Å². The van der Waals surface area contributed by atoms with E-state index in [1.807, 2.05) is 6.07 Å². The van der Waals surface area contributed by atoms with Gasteiger partial charge in [-0.05, 0) is 18.9 Å². The van der Waals surface area contributed by atoms with E-state index in [0.717, 1.165) is 18.5 Å². The van der Waals surface area contributed by atoms with Gasteiger partial charge in [0, 0.05) is 12.3 Å². The Hall–Kier alpha value is -0.0138. The summed E-state index contributed by atoms with van der Waals surface area (Å²) in [4.78, 5) is 4.11. The third-order valence-corrected chi connectivity index (χ3v) is 2.07. The predicted octanol–water partition coefficient (Wildman–Crippen LogP) is 2.44. The zero-order valence-corrected chi connectivity index (χ0v) is 10.4. The molecule has 1 aliphatic carbocycles. The van der Waals surface area contributed by atoms with Crippen molar-refractivity contribution in [2.45, 2.75) is 18.3 Å². The molecule has 69 valence electrons. The first-order valence-electron chi connectivity index (χ1n) is 4.15. The van der Waals surface area contributed by atoms with E-state index in [1.54, 1.807) is 12.3 Å². The fraction of sp³-hybridized carbons (Fsp3) is 0.333. The molecule has 2 rings (SSSR count). The minimum Gasteiger partial charge on any atom is -0.309 e. The van der Waals surface area contributed by atoms with Crippen LogP contribution in [0.3, 0.4) is 0 Å². The van der Waals surface area contributed by atoms with Crippen LogP contribution in [0.2, 0.25) is 0 Å². The highest BCUT2D eigenvalue weighted by atomic mass is 35.6. The van der Waals surface area contributed by atoms with Gasteiger partial charge >= 0.3 is 18.2 Å². The summed E-state index contributed by atoms with van der Waals surface area (Å²) in [5.74, 6) is 0. The van der Waals surface area contributed by atoms with E-state index in [9.17, 15) is 0 Å². The standard InChI is InChI=1S/C9H7N2.2ClH.Mg/c10-7-9(4-5-9)8-3-1-2-6-11-8;;;/h1,3,6H,4-5H2;2*1H;/q;;;+2/p-2. The maximum absolute atomic E-state index is 8.81. The van der Waals surface area contributed by atoms with Gasteiger partial charge in [0.2, 0.25) is 0 Å². The van der Waals surface area contributed by atoms with Gasteiger partial charge in [0.15, 0.2) is 0 Å². The van der Waals surface area contributed by atoms with E-state index in [-0.39, 0.29) is 5.41 Å². The number of hydrogen-bond donors (Lipinski definition) is 0. The number of aromatic nitrogens is 1. The molecule has 0 aliphatic heterocycles. The zero-order chi connectivity index (χ0) is 10.4. The molecule has 1 saturated carbocycles. The Morgan fingerprint density at radius 3 is 2.57 bits per heavy atom. The highest BCUT2D eigenvalue weighted by molar-refractivity contribution is 7.22. The zero-order valence-electron chi connectivity index (χ0n) is 7.50. The maximum Gasteiger partial charge on any atom is 0.618 e. The van der Waals surface area contributed by atoms with Gasteiger partial charge in [0.25, 0.3) is 0 Å². The minimum atomic E-state index is -0.639. The maximum atomic E-state index is 8.81. The van der Waals surface area contributed by atoms with Crippen molar-refractivity contribution >= 4 is 36.3 Å². The number of hydrogen-bond acceptors (Lipinski definition) is 2. The summed E-state index contributed by atoms with van der Waals surface area (Å²) in [5.41, 5.74) is 0.661. The lowest BCUT2D eigenvalue weighted by Crippen LogP contribution is -2.04. The summed E-state index contributed by atoms with van der Waals surface area (Å²) in [6.45, 7) is 0. The molecule has 0 unspecified atom stereocenters. The second kappa shape index (κ2) is 5.77. The molecule has 1 aromatic rings. The Morgan fingerprint density at radius 1 is 1.57 bits per heavy atom. The molecule has 0 saturated heterocycles. The summed E-state index contributed by atoms with van der Waals surface area (Å²) < 4.78 is 0. The van der Waals surface area contributed by atoms with Crippen LogP contribution in [0.4, 0.5) is 0 Å². The molecule has 0 bridgehead atoms. The molecule has 1 heterocycles. The van der Waals surface area contributed by atoms with Crippen molar-refractivity contribution in [1.82, 2.24) is 4.98 Å². The predicted molar refractivity (Wildman–Crippen MR) is 57.1 cm³/mol. The smallest absolute Gasteiger partial charge is 0.309 e. The van der Waals surface area contributed by atoms with E-state index >= 15 is 0 Å². The molecule has 0 atom stereocenters. The summed E-state index contributed by atoms with van der Waals surface area (Å²) in [6.07, 6.45) is 3.54. The lowest BCUT2D eigenvalue weighted by atomic mass is 10.0. The fourth-order valence-corrected chi connectivity index (χ4v) is 1.15. The Morgan fingerprint density at radius 2 is 2.21 bits per heavy atom. The van der Waals surface area contributed by atoms with Crippen molar-refractivity contribution in [1.29, 1.82) is 5.26 Å². The highest BCUT2D eigenvalue weighted by Crippen LogP contribution is 2.46. The van der Waals surface area contributed by atoms with Gasteiger partial charge in [-0.2, -0.15) is 5.26 Å². The summed E-state index contributed by atoms with van der Waals surface area (Å²) >= 11 is -0.639. The van der Waals surface area contributed by atoms with Crippen LogP contribution in [0.25, 0.3) is 0 Å². The van der Waals surface area contributed by atoms with E-state index in [1.165, 1.54) is 0 Å². The molecule has 1 aromatic heterocycles. The summed E-state index contributed by atoms with van der Waals surface area (Å²) in [7, 11) is 9.81. The number of halogens is 2. The molecule has 14 heavy (non-hydrogen) atoms. The normalized spacial score (nSPS) is 15.5. The van der Waals surface area contributed by atoms with Crippen LogP contribution in [-0.4, -0.2) is 23.1 Å². The van der Waals surface area contributed by atoms with Crippen molar-refractivity contribution in [3.63, 3.8) is 0 Å². The van der Waals surface area contributed by atoms with Crippen molar-refractivity contribution in [3.05, 3.63) is 30.1 Å². The third-order valence-electron chi connectivity index (χ3n) is 2.07. The van der Waals surface area contributed by atoms with E-state index in [4.69, 9.17) is 23.4 Å². The molecule has 1 aliphatic rings. The topological polar surface area (TPSA) is 36.7 Å². The van der Waals surface area contributed by atoms with Crippen LogP contribution < -0.4 is 0 Å². The molecular weight excluding hydrogens is 231 g/mol. The molecule has 0 spiro atoms. The van der Waals surface area contributed by atoms with Gasteiger partial charge in [-0.3, -0.25) is 4.98 Å². The molecule has 0 N–H and O–H groups in total. The van der Waals surface area contributed by atoms with Crippen LogP contribution in [0, 0.1) is 17.4 Å². The quantitative estimate of drug-likeness (QED) is 0.705. The first kappa shape index (κ1) is 12.1. The molecule has 5 heteroatoms. The Balaban J connectivity index is 0.000000293. The molecule has 0 aromatic carbocycles. The molecule has 1 radical (unpaired) electrons. The number of nitriles is 1. The van der Waals surface area contributed by atoms with Gasteiger partial charge in [-0.15, -0.1) is 0 Å². The van der Waals surface area contributed by atoms with Crippen molar-refractivity contribution in [3.8, 4) is 6.07 Å². The van der Waals surface area contributed by atoms with Crippen LogP contribution in [0.15, 0.2) is 18.3 Å². The van der Waals surface area contributed by atoms with Gasteiger partial charge in [-0.25, -0.2) is 0 Å². The van der Waals surface area contributed by atoms with Gasteiger partial charge in [0.1, 0.15) is 0 Å². The van der Waals surface area contributed by atoms with Crippen molar-refractivity contribution in [2.24, 2.45) is 0 Å². The Labute approximate surface area is 101 Å². The molecule has 0 amide bonds. The summed E-state index contributed by atoms with van der Waals surface area (Å²) in [6, 6.07) is 8.81. The SMILES string of the molecule is N#CC1(c2cc[c]cn2)CC1.[Cl][Mg][Cl]. The van der Waals surface area contributed by atoms with Crippen molar-refractivity contribution < 1.29 is 0 Å². The lowest BCUT2D eigenvalue weighted by molar-refractivity contribution is 0.854. The molecule has 2 nitrogen and oxygen atoms in total. The second-order valence-corrected chi connectivity index (χ2v) is 5.56. The van der Waals surface area contributed by atoms with E-state index in [0.29, 0.717) is 0 Å². The van der Waals surface area contributed by atoms with Crippen LogP contribution in [-0.2, 0) is 5.41 Å². The Kier molecular flexibility index (Phi) is 4.97. The average molecular weight is 238 g/mol. The number of rotatable bonds is 1. The monoisotopic (exact) mass is 237 g/mol. The second-order valence-electron chi connectivity index (χ2n) is 2.94. The first-order valence-corrected chi connectivity index (χ1v) is 8.42. The largest absolute Gasteiger partial charge is 0.618 e. The van der Waals surface area contributed by atoms with Gasteiger partial charge < -0.3 is 18.1 Å². The first-order chi connectivity index (χ1) is 6.79. The fourth-order valence-electron chi connectivity index (χ4n) is 1.15. The van der Waals surface area contributed by atoms with Gasteiger partial charge in [0.05, 0.1) is 17.2 Å². The molecule has 1 fully saturated rings. The highest BCUT2D eigenvalue weighted by Gasteiger charge is 2.46. The van der Waals surface area contributed by atoms with Gasteiger partial charge in [-0.1, -0.05) is 6.07 Å². The average Bonchev–Trinajstić information content (AvgIpc) is 3.01. The van der Waals surface area contributed by atoms with Crippen LogP contribution in [0.5, 0.6) is 0 Å². The van der Waals surface area contributed by atoms with Crippen LogP contribution in [0.1, 0.15) is 18.5 Å².